The zero-order valence-electron chi connectivity index (χ0n) is 18.1. The van der Waals surface area contributed by atoms with Gasteiger partial charge in [-0.3, -0.25) is 4.79 Å². The van der Waals surface area contributed by atoms with Crippen molar-refractivity contribution in [2.45, 2.75) is 47.1 Å². The molecule has 0 radical (unpaired) electrons. The van der Waals surface area contributed by atoms with Crippen molar-refractivity contribution in [2.24, 2.45) is 4.99 Å². The van der Waals surface area contributed by atoms with E-state index >= 15 is 0 Å². The van der Waals surface area contributed by atoms with E-state index in [2.05, 4.69) is 39.9 Å². The van der Waals surface area contributed by atoms with E-state index in [9.17, 15) is 4.79 Å². The number of hydrogen-bond donors (Lipinski definition) is 3. The second kappa shape index (κ2) is 13.8. The molecule has 2 rings (SSSR count). The number of ether oxygens (including phenoxy) is 1. The molecule has 0 aliphatic carbocycles. The lowest BCUT2D eigenvalue weighted by atomic mass is 10.1. The Bertz CT molecular complexity index is 801. The van der Waals surface area contributed by atoms with Crippen LogP contribution in [0.25, 0.3) is 0 Å². The summed E-state index contributed by atoms with van der Waals surface area (Å²) >= 11 is 0. The minimum atomic E-state index is -0.111. The quantitative estimate of drug-likeness (QED) is 0.189. The van der Waals surface area contributed by atoms with Gasteiger partial charge in [-0.2, -0.15) is 0 Å². The highest BCUT2D eigenvalue weighted by Gasteiger charge is 2.13. The number of aliphatic imine (C=N–C) groups is 1. The van der Waals surface area contributed by atoms with Gasteiger partial charge in [-0.25, -0.2) is 4.99 Å². The summed E-state index contributed by atoms with van der Waals surface area (Å²) < 4.78 is 11.2. The summed E-state index contributed by atoms with van der Waals surface area (Å²) in [7, 11) is 0. The molecule has 0 fully saturated rings. The number of benzene rings is 1. The molecule has 1 aromatic carbocycles. The van der Waals surface area contributed by atoms with Crippen molar-refractivity contribution in [3.63, 3.8) is 0 Å². The molecule has 0 unspecified atom stereocenters. The number of nitrogens with one attached hydrogen (secondary N) is 3. The second-order valence-electron chi connectivity index (χ2n) is 6.42. The maximum absolute atomic E-state index is 11.2. The van der Waals surface area contributed by atoms with Crippen molar-refractivity contribution < 1.29 is 14.1 Å². The fraction of sp³-hybridized carbons (Fsp3) is 0.476. The van der Waals surface area contributed by atoms with Gasteiger partial charge in [0.25, 0.3) is 0 Å². The van der Waals surface area contributed by atoms with Gasteiger partial charge in [0.2, 0.25) is 5.91 Å². The van der Waals surface area contributed by atoms with Crippen LogP contribution >= 0.6 is 24.0 Å². The van der Waals surface area contributed by atoms with Gasteiger partial charge in [0.1, 0.15) is 18.1 Å². The smallest absolute Gasteiger partial charge is 0.221 e. The maximum Gasteiger partial charge on any atom is 0.221 e. The van der Waals surface area contributed by atoms with E-state index in [0.717, 1.165) is 36.4 Å². The van der Waals surface area contributed by atoms with E-state index in [1.54, 1.807) is 6.07 Å². The van der Waals surface area contributed by atoms with Gasteiger partial charge >= 0.3 is 0 Å². The third-order valence-corrected chi connectivity index (χ3v) is 4.16. The van der Waals surface area contributed by atoms with Gasteiger partial charge in [-0.15, -0.1) is 24.0 Å². The van der Waals surface area contributed by atoms with Crippen molar-refractivity contribution in [1.29, 1.82) is 0 Å². The molecule has 0 aliphatic rings. The maximum atomic E-state index is 11.2. The third-order valence-electron chi connectivity index (χ3n) is 4.16. The summed E-state index contributed by atoms with van der Waals surface area (Å²) in [5, 5.41) is 13.4. The Morgan fingerprint density at radius 2 is 2.00 bits per heavy atom. The number of carbonyl (C=O) groups is 1. The molecule has 166 valence electrons. The van der Waals surface area contributed by atoms with E-state index in [-0.39, 0.29) is 29.9 Å². The topological polar surface area (TPSA) is 101 Å². The molecule has 3 N–H and O–H groups in total. The Labute approximate surface area is 195 Å². The molecule has 8 nitrogen and oxygen atoms in total. The number of aryl methyl sites for hydroxylation is 2. The average Bonchev–Trinajstić information content (AvgIpc) is 3.11. The van der Waals surface area contributed by atoms with Crippen molar-refractivity contribution in [2.75, 3.05) is 25.0 Å². The number of halogens is 1. The van der Waals surface area contributed by atoms with Crippen molar-refractivity contribution in [1.82, 2.24) is 15.8 Å². The molecule has 1 aromatic heterocycles. The minimum absolute atomic E-state index is 0. The van der Waals surface area contributed by atoms with Crippen molar-refractivity contribution in [3.8, 4) is 5.75 Å². The molecule has 1 amide bonds. The van der Waals surface area contributed by atoms with E-state index in [4.69, 9.17) is 9.26 Å². The highest BCUT2D eigenvalue weighted by Crippen LogP contribution is 2.18. The van der Waals surface area contributed by atoms with Gasteiger partial charge in [0.05, 0.1) is 18.8 Å². The first-order chi connectivity index (χ1) is 14.1. The SMILES string of the molecule is CCNC(=NCc1c(CC)noc1CC)NCCOc1cccc(NC(C)=O)c1.I. The Morgan fingerprint density at radius 1 is 1.20 bits per heavy atom. The van der Waals surface area contributed by atoms with E-state index in [0.29, 0.717) is 37.1 Å². The molecule has 2 aromatic rings. The molecule has 0 atom stereocenters. The summed E-state index contributed by atoms with van der Waals surface area (Å²) in [6.45, 7) is 9.94. The number of rotatable bonds is 10. The summed E-state index contributed by atoms with van der Waals surface area (Å²) in [5.41, 5.74) is 2.74. The molecule has 0 saturated carbocycles. The number of nitrogens with zero attached hydrogens (tertiary/aromatic N) is 2. The highest BCUT2D eigenvalue weighted by atomic mass is 127. The number of carbonyl (C=O) groups excluding carboxylic acids is 1. The number of anilines is 1. The molecule has 0 spiro atoms. The monoisotopic (exact) mass is 529 g/mol. The minimum Gasteiger partial charge on any atom is -0.492 e. The predicted octanol–water partition coefficient (Wildman–Crippen LogP) is 3.51. The van der Waals surface area contributed by atoms with Gasteiger partial charge in [0.15, 0.2) is 5.96 Å². The highest BCUT2D eigenvalue weighted by molar-refractivity contribution is 14.0. The van der Waals surface area contributed by atoms with Crippen molar-refractivity contribution in [3.05, 3.63) is 41.3 Å². The van der Waals surface area contributed by atoms with Crippen molar-refractivity contribution >= 4 is 41.5 Å². The van der Waals surface area contributed by atoms with Crippen LogP contribution in [0, 0.1) is 0 Å². The fourth-order valence-electron chi connectivity index (χ4n) is 2.82. The van der Waals surface area contributed by atoms with Gasteiger partial charge in [0, 0.05) is 37.2 Å². The predicted molar refractivity (Wildman–Crippen MR) is 130 cm³/mol. The molecular formula is C21H32IN5O3. The zero-order chi connectivity index (χ0) is 21.1. The number of amides is 1. The van der Waals surface area contributed by atoms with Crippen LogP contribution in [0.15, 0.2) is 33.8 Å². The van der Waals surface area contributed by atoms with Crippen LogP contribution in [-0.2, 0) is 24.2 Å². The first-order valence-corrected chi connectivity index (χ1v) is 10.1. The molecule has 0 bridgehead atoms. The molecule has 30 heavy (non-hydrogen) atoms. The standard InChI is InChI=1S/C21H31N5O3.HI/c1-5-19-18(20(6-2)29-26-19)14-24-21(22-7-3)23-11-12-28-17-10-8-9-16(13-17)25-15(4)27;/h8-10,13H,5-7,11-12,14H2,1-4H3,(H,25,27)(H2,22,23,24);1H. The lowest BCUT2D eigenvalue weighted by Crippen LogP contribution is -2.39. The fourth-order valence-corrected chi connectivity index (χ4v) is 2.82. The lowest BCUT2D eigenvalue weighted by Gasteiger charge is -2.12. The molecule has 0 aliphatic heterocycles. The third kappa shape index (κ3) is 8.21. The largest absolute Gasteiger partial charge is 0.492 e. The summed E-state index contributed by atoms with van der Waals surface area (Å²) in [6, 6.07) is 7.32. The van der Waals surface area contributed by atoms with Crippen LogP contribution < -0.4 is 20.7 Å². The Balaban J connectivity index is 0.00000450. The number of aromatic nitrogens is 1. The first kappa shape index (κ1) is 25.7. The summed E-state index contributed by atoms with van der Waals surface area (Å²) in [4.78, 5) is 15.8. The van der Waals surface area contributed by atoms with Crippen LogP contribution in [-0.4, -0.2) is 36.7 Å². The van der Waals surface area contributed by atoms with Crippen LogP contribution in [0.3, 0.4) is 0 Å². The molecular weight excluding hydrogens is 497 g/mol. The lowest BCUT2D eigenvalue weighted by molar-refractivity contribution is -0.114. The normalized spacial score (nSPS) is 10.9. The average molecular weight is 529 g/mol. The van der Waals surface area contributed by atoms with Crippen LogP contribution in [0.4, 0.5) is 5.69 Å². The zero-order valence-corrected chi connectivity index (χ0v) is 20.4. The van der Waals surface area contributed by atoms with Gasteiger partial charge in [-0.05, 0) is 25.5 Å². The van der Waals surface area contributed by atoms with E-state index in [1.807, 2.05) is 25.1 Å². The van der Waals surface area contributed by atoms with Gasteiger partial charge in [-0.1, -0.05) is 25.1 Å². The molecule has 9 heteroatoms. The summed E-state index contributed by atoms with van der Waals surface area (Å²) in [6.07, 6.45) is 1.62. The summed E-state index contributed by atoms with van der Waals surface area (Å²) in [5.74, 6) is 2.20. The Hall–Kier alpha value is -2.30. The Kier molecular flexibility index (Phi) is 11.9. The number of hydrogen-bond acceptors (Lipinski definition) is 5. The Morgan fingerprint density at radius 3 is 2.67 bits per heavy atom. The van der Waals surface area contributed by atoms with Gasteiger partial charge < -0.3 is 25.2 Å². The first-order valence-electron chi connectivity index (χ1n) is 10.1. The number of guanidine groups is 1. The van der Waals surface area contributed by atoms with Crippen LogP contribution in [0.2, 0.25) is 0 Å². The van der Waals surface area contributed by atoms with Crippen LogP contribution in [0.5, 0.6) is 5.75 Å². The second-order valence-corrected chi connectivity index (χ2v) is 6.42. The van der Waals surface area contributed by atoms with E-state index < -0.39 is 0 Å². The molecule has 0 saturated heterocycles. The van der Waals surface area contributed by atoms with E-state index in [1.165, 1.54) is 6.92 Å². The van der Waals surface area contributed by atoms with Crippen LogP contribution in [0.1, 0.15) is 44.7 Å². The molecule has 1 heterocycles.